The molecule has 0 atom stereocenters. The van der Waals surface area contributed by atoms with Crippen molar-refractivity contribution in [3.8, 4) is 0 Å². The molecular formula is C20H22N4O. The number of pyridine rings is 1. The van der Waals surface area contributed by atoms with Crippen molar-refractivity contribution in [2.24, 2.45) is 7.05 Å². The first kappa shape index (κ1) is 16.8. The van der Waals surface area contributed by atoms with Gasteiger partial charge in [-0.05, 0) is 48.4 Å². The number of nitrogens with two attached hydrogens (primary N) is 1. The number of rotatable bonds is 4. The van der Waals surface area contributed by atoms with Gasteiger partial charge in [-0.15, -0.1) is 0 Å². The summed E-state index contributed by atoms with van der Waals surface area (Å²) in [6, 6.07) is 9.93. The van der Waals surface area contributed by atoms with Crippen LogP contribution in [0.4, 0.5) is 5.82 Å². The van der Waals surface area contributed by atoms with Crippen LogP contribution in [0.5, 0.6) is 0 Å². The number of fused-ring (bicyclic) bond motifs is 1. The number of benzene rings is 1. The maximum atomic E-state index is 12.4. The van der Waals surface area contributed by atoms with Crippen molar-refractivity contribution in [2.75, 3.05) is 12.8 Å². The minimum absolute atomic E-state index is 0.0542. The van der Waals surface area contributed by atoms with Crippen LogP contribution in [0.15, 0.2) is 48.8 Å². The number of nitrogen functional groups attached to an aromatic ring is 1. The topological polar surface area (TPSA) is 64.2 Å². The zero-order chi connectivity index (χ0) is 18.0. The van der Waals surface area contributed by atoms with E-state index in [1.165, 1.54) is 16.5 Å². The third kappa shape index (κ3) is 3.71. The second-order valence-electron chi connectivity index (χ2n) is 6.33. The average Bonchev–Trinajstić information content (AvgIpc) is 2.89. The van der Waals surface area contributed by atoms with Crippen molar-refractivity contribution in [1.82, 2.24) is 14.5 Å². The molecule has 0 spiro atoms. The molecule has 0 saturated heterocycles. The lowest BCUT2D eigenvalue weighted by molar-refractivity contribution is -0.125. The van der Waals surface area contributed by atoms with Gasteiger partial charge in [-0.1, -0.05) is 11.6 Å². The Balaban J connectivity index is 1.75. The highest BCUT2D eigenvalue weighted by Crippen LogP contribution is 2.23. The number of hydrogen-bond acceptors (Lipinski definition) is 3. The van der Waals surface area contributed by atoms with Gasteiger partial charge in [0.05, 0.1) is 0 Å². The molecule has 128 valence electrons. The molecule has 0 unspecified atom stereocenters. The number of likely N-dealkylation sites (N-methyl/N-ethyl adjacent to an activating group) is 1. The van der Waals surface area contributed by atoms with Gasteiger partial charge < -0.3 is 15.2 Å². The molecule has 1 amide bonds. The Labute approximate surface area is 147 Å². The Morgan fingerprint density at radius 3 is 2.84 bits per heavy atom. The van der Waals surface area contributed by atoms with Gasteiger partial charge in [0.1, 0.15) is 5.82 Å². The van der Waals surface area contributed by atoms with Crippen LogP contribution in [0.2, 0.25) is 0 Å². The van der Waals surface area contributed by atoms with E-state index in [9.17, 15) is 4.79 Å². The van der Waals surface area contributed by atoms with Crippen LogP contribution in [-0.2, 0) is 18.4 Å². The average molecular weight is 334 g/mol. The van der Waals surface area contributed by atoms with E-state index in [0.29, 0.717) is 12.4 Å². The van der Waals surface area contributed by atoms with Gasteiger partial charge >= 0.3 is 0 Å². The van der Waals surface area contributed by atoms with Crippen molar-refractivity contribution in [3.05, 3.63) is 65.5 Å². The summed E-state index contributed by atoms with van der Waals surface area (Å²) in [6.45, 7) is 2.64. The lowest BCUT2D eigenvalue weighted by Gasteiger charge is -2.14. The largest absolute Gasteiger partial charge is 0.384 e. The number of anilines is 1. The first-order valence-corrected chi connectivity index (χ1v) is 8.13. The Morgan fingerprint density at radius 2 is 2.12 bits per heavy atom. The fraction of sp³-hybridized carbons (Fsp3) is 0.200. The molecule has 2 N–H and O–H groups in total. The minimum atomic E-state index is -0.0542. The van der Waals surface area contributed by atoms with Gasteiger partial charge in [-0.3, -0.25) is 4.79 Å². The first-order chi connectivity index (χ1) is 11.9. The van der Waals surface area contributed by atoms with Gasteiger partial charge in [-0.25, -0.2) is 4.98 Å². The first-order valence-electron chi connectivity index (χ1n) is 8.13. The fourth-order valence-electron chi connectivity index (χ4n) is 2.86. The normalized spacial score (nSPS) is 11.3. The monoisotopic (exact) mass is 334 g/mol. The number of nitrogens with zero attached hydrogens (tertiary/aromatic N) is 3. The zero-order valence-corrected chi connectivity index (χ0v) is 14.7. The van der Waals surface area contributed by atoms with Gasteiger partial charge in [0, 0.05) is 50.0 Å². The van der Waals surface area contributed by atoms with Crippen molar-refractivity contribution >= 4 is 28.7 Å². The molecule has 5 nitrogen and oxygen atoms in total. The molecule has 0 saturated carbocycles. The molecule has 0 fully saturated rings. The van der Waals surface area contributed by atoms with Crippen molar-refractivity contribution in [1.29, 1.82) is 0 Å². The molecule has 25 heavy (non-hydrogen) atoms. The third-order valence-electron chi connectivity index (χ3n) is 4.24. The van der Waals surface area contributed by atoms with E-state index in [1.54, 1.807) is 29.3 Å². The summed E-state index contributed by atoms with van der Waals surface area (Å²) >= 11 is 0. The van der Waals surface area contributed by atoms with Gasteiger partial charge in [0.2, 0.25) is 5.91 Å². The predicted molar refractivity (Wildman–Crippen MR) is 102 cm³/mol. The molecule has 0 radical (unpaired) electrons. The molecule has 0 bridgehead atoms. The lowest BCUT2D eigenvalue weighted by Crippen LogP contribution is -2.24. The van der Waals surface area contributed by atoms with Crippen LogP contribution in [0.1, 0.15) is 16.7 Å². The number of aryl methyl sites for hydroxylation is 2. The molecule has 0 aliphatic rings. The third-order valence-corrected chi connectivity index (χ3v) is 4.24. The second kappa shape index (κ2) is 6.81. The standard InChI is InChI=1S/C20H22N4O/c1-14-4-7-18-17(10-14)16(12-23(18)2)13-24(3)20(25)9-6-15-5-8-19(21)22-11-15/h4-12H,13H2,1-3H3,(H2,21,22). The molecule has 2 heterocycles. The van der Waals surface area contributed by atoms with Crippen LogP contribution in [0.3, 0.4) is 0 Å². The molecule has 1 aromatic carbocycles. The van der Waals surface area contributed by atoms with Gasteiger partial charge in [-0.2, -0.15) is 0 Å². The summed E-state index contributed by atoms with van der Waals surface area (Å²) in [5.41, 5.74) is 9.93. The molecule has 0 aliphatic carbocycles. The maximum Gasteiger partial charge on any atom is 0.246 e. The van der Waals surface area contributed by atoms with E-state index in [0.717, 1.165) is 11.1 Å². The number of carbonyl (C=O) groups excluding carboxylic acids is 1. The smallest absolute Gasteiger partial charge is 0.246 e. The minimum Gasteiger partial charge on any atom is -0.384 e. The Hall–Kier alpha value is -3.08. The molecule has 5 heteroatoms. The zero-order valence-electron chi connectivity index (χ0n) is 14.7. The number of hydrogen-bond donors (Lipinski definition) is 1. The Bertz CT molecular complexity index is 938. The Morgan fingerprint density at radius 1 is 1.32 bits per heavy atom. The summed E-state index contributed by atoms with van der Waals surface area (Å²) in [6.07, 6.45) is 7.04. The molecular weight excluding hydrogens is 312 g/mol. The summed E-state index contributed by atoms with van der Waals surface area (Å²) < 4.78 is 2.10. The Kier molecular flexibility index (Phi) is 4.57. The van der Waals surface area contributed by atoms with E-state index in [-0.39, 0.29) is 5.91 Å². The molecule has 2 aromatic heterocycles. The lowest BCUT2D eigenvalue weighted by atomic mass is 10.1. The summed E-state index contributed by atoms with van der Waals surface area (Å²) in [7, 11) is 3.83. The number of aromatic nitrogens is 2. The number of carbonyl (C=O) groups is 1. The molecule has 3 aromatic rings. The van der Waals surface area contributed by atoms with Crippen LogP contribution < -0.4 is 5.73 Å². The van der Waals surface area contributed by atoms with E-state index in [4.69, 9.17) is 5.73 Å². The van der Waals surface area contributed by atoms with Crippen LogP contribution in [-0.4, -0.2) is 27.4 Å². The van der Waals surface area contributed by atoms with E-state index >= 15 is 0 Å². The highest BCUT2D eigenvalue weighted by atomic mass is 16.2. The molecule has 3 rings (SSSR count). The van der Waals surface area contributed by atoms with Crippen molar-refractivity contribution < 1.29 is 4.79 Å². The molecule has 0 aliphatic heterocycles. The SMILES string of the molecule is Cc1ccc2c(c1)c(CN(C)C(=O)C=Cc1ccc(N)nc1)cn2C. The quantitative estimate of drug-likeness (QED) is 0.746. The van der Waals surface area contributed by atoms with Crippen LogP contribution in [0, 0.1) is 6.92 Å². The van der Waals surface area contributed by atoms with Gasteiger partial charge in [0.15, 0.2) is 0 Å². The van der Waals surface area contributed by atoms with Crippen LogP contribution >= 0.6 is 0 Å². The van der Waals surface area contributed by atoms with Crippen LogP contribution in [0.25, 0.3) is 17.0 Å². The number of amides is 1. The van der Waals surface area contributed by atoms with Gasteiger partial charge in [0.25, 0.3) is 0 Å². The van der Waals surface area contributed by atoms with E-state index in [1.807, 2.05) is 20.2 Å². The highest BCUT2D eigenvalue weighted by molar-refractivity contribution is 5.92. The second-order valence-corrected chi connectivity index (χ2v) is 6.33. The van der Waals surface area contributed by atoms with E-state index in [2.05, 4.69) is 40.9 Å². The van der Waals surface area contributed by atoms with Crippen molar-refractivity contribution in [3.63, 3.8) is 0 Å². The van der Waals surface area contributed by atoms with Crippen molar-refractivity contribution in [2.45, 2.75) is 13.5 Å². The fourth-order valence-corrected chi connectivity index (χ4v) is 2.86. The predicted octanol–water partition coefficient (Wildman–Crippen LogP) is 3.14. The summed E-state index contributed by atoms with van der Waals surface area (Å²) in [5, 5.41) is 1.19. The highest BCUT2D eigenvalue weighted by Gasteiger charge is 2.11. The summed E-state index contributed by atoms with van der Waals surface area (Å²) in [4.78, 5) is 18.1. The summed E-state index contributed by atoms with van der Waals surface area (Å²) in [5.74, 6) is 0.410. The van der Waals surface area contributed by atoms with E-state index < -0.39 is 0 Å². The maximum absolute atomic E-state index is 12.4.